The Morgan fingerprint density at radius 2 is 1.89 bits per heavy atom. The maximum absolute atomic E-state index is 13.0. The maximum atomic E-state index is 13.0. The van der Waals surface area contributed by atoms with Gasteiger partial charge < -0.3 is 14.5 Å². The van der Waals surface area contributed by atoms with Crippen LogP contribution in [0.1, 0.15) is 26.1 Å². The van der Waals surface area contributed by atoms with E-state index in [2.05, 4.69) is 35.0 Å². The second-order valence-corrected chi connectivity index (χ2v) is 10.2. The molecule has 1 saturated heterocycles. The van der Waals surface area contributed by atoms with Gasteiger partial charge in [-0.25, -0.2) is 0 Å². The van der Waals surface area contributed by atoms with E-state index in [4.69, 9.17) is 4.74 Å². The van der Waals surface area contributed by atoms with Crippen molar-refractivity contribution < 1.29 is 9.53 Å². The standard InChI is InChI=1S/C25H30N6O3S/c1-17(2)16-30-24(33)23-19(10-15-35-23)31-21(26-27-25(30)31)8-9-22(32)29-13-11-28(12-14-29)18-6-4-5-7-20(18)34-3/h4-7,10,15,17H,8-9,11-14,16H2,1-3H3. The minimum Gasteiger partial charge on any atom is -0.495 e. The first kappa shape index (κ1) is 23.3. The number of carbonyl (C=O) groups is 1. The van der Waals surface area contributed by atoms with Gasteiger partial charge in [0, 0.05) is 45.6 Å². The molecule has 35 heavy (non-hydrogen) atoms. The zero-order valence-corrected chi connectivity index (χ0v) is 21.1. The molecule has 1 aromatic carbocycles. The number of carbonyl (C=O) groups excluding carboxylic acids is 1. The van der Waals surface area contributed by atoms with Crippen molar-refractivity contribution in [3.63, 3.8) is 0 Å². The topological polar surface area (TPSA) is 85.0 Å². The second kappa shape index (κ2) is 9.69. The Labute approximate surface area is 207 Å². The van der Waals surface area contributed by atoms with Crippen LogP contribution < -0.4 is 15.2 Å². The maximum Gasteiger partial charge on any atom is 0.272 e. The lowest BCUT2D eigenvalue weighted by molar-refractivity contribution is -0.131. The fraction of sp³-hybridized carbons (Fsp3) is 0.440. The summed E-state index contributed by atoms with van der Waals surface area (Å²) in [7, 11) is 1.68. The number of amides is 1. The van der Waals surface area contributed by atoms with E-state index in [1.807, 2.05) is 38.9 Å². The highest BCUT2D eigenvalue weighted by molar-refractivity contribution is 7.17. The molecule has 0 radical (unpaired) electrons. The van der Waals surface area contributed by atoms with Crippen LogP contribution in [0.15, 0.2) is 40.5 Å². The van der Waals surface area contributed by atoms with Crippen LogP contribution in [0.25, 0.3) is 16.0 Å². The molecular formula is C25H30N6O3S. The molecule has 0 aliphatic carbocycles. The van der Waals surface area contributed by atoms with E-state index in [0.717, 1.165) is 30.0 Å². The van der Waals surface area contributed by atoms with Crippen molar-refractivity contribution in [2.24, 2.45) is 5.92 Å². The van der Waals surface area contributed by atoms with Gasteiger partial charge in [-0.05, 0) is 29.5 Å². The third-order valence-electron chi connectivity index (χ3n) is 6.45. The average molecular weight is 495 g/mol. The first-order valence-corrected chi connectivity index (χ1v) is 12.9. The molecule has 0 spiro atoms. The summed E-state index contributed by atoms with van der Waals surface area (Å²) in [6, 6.07) is 9.91. The number of aryl methyl sites for hydroxylation is 1. The van der Waals surface area contributed by atoms with Gasteiger partial charge in [0.2, 0.25) is 11.7 Å². The number of ether oxygens (including phenoxy) is 1. The van der Waals surface area contributed by atoms with Gasteiger partial charge in [-0.1, -0.05) is 26.0 Å². The predicted molar refractivity (Wildman–Crippen MR) is 138 cm³/mol. The van der Waals surface area contributed by atoms with E-state index < -0.39 is 0 Å². The number of rotatable bonds is 7. The van der Waals surface area contributed by atoms with Crippen LogP contribution in [-0.4, -0.2) is 63.3 Å². The highest BCUT2D eigenvalue weighted by atomic mass is 32.1. The van der Waals surface area contributed by atoms with E-state index >= 15 is 0 Å². The van der Waals surface area contributed by atoms with Crippen molar-refractivity contribution in [1.82, 2.24) is 24.1 Å². The van der Waals surface area contributed by atoms with E-state index in [1.54, 1.807) is 11.7 Å². The van der Waals surface area contributed by atoms with Crippen LogP contribution in [0.4, 0.5) is 5.69 Å². The van der Waals surface area contributed by atoms with Crippen LogP contribution in [0.3, 0.4) is 0 Å². The molecule has 10 heteroatoms. The third kappa shape index (κ3) is 4.38. The molecular weight excluding hydrogens is 464 g/mol. The SMILES string of the molecule is COc1ccccc1N1CCN(C(=O)CCc2nnc3n(CC(C)C)c(=O)c4sccc4n23)CC1. The molecule has 1 fully saturated rings. The Bertz CT molecular complexity index is 1410. The number of methoxy groups -OCH3 is 1. The molecule has 4 aromatic rings. The number of nitrogens with zero attached hydrogens (tertiary/aromatic N) is 6. The van der Waals surface area contributed by atoms with Crippen molar-refractivity contribution in [1.29, 1.82) is 0 Å². The monoisotopic (exact) mass is 494 g/mol. The number of thiophene rings is 1. The number of anilines is 1. The zero-order chi connectivity index (χ0) is 24.5. The highest BCUT2D eigenvalue weighted by Crippen LogP contribution is 2.28. The fourth-order valence-corrected chi connectivity index (χ4v) is 5.56. The number of piperazine rings is 1. The number of hydrogen-bond acceptors (Lipinski definition) is 7. The Morgan fingerprint density at radius 3 is 2.63 bits per heavy atom. The first-order chi connectivity index (χ1) is 17.0. The molecule has 1 amide bonds. The van der Waals surface area contributed by atoms with Crippen LogP contribution in [-0.2, 0) is 17.8 Å². The lowest BCUT2D eigenvalue weighted by atomic mass is 10.2. The highest BCUT2D eigenvalue weighted by Gasteiger charge is 2.24. The normalized spacial score (nSPS) is 14.4. The summed E-state index contributed by atoms with van der Waals surface area (Å²) in [5, 5.41) is 10.7. The molecule has 3 aromatic heterocycles. The van der Waals surface area contributed by atoms with E-state index in [1.165, 1.54) is 11.3 Å². The molecule has 1 aliphatic rings. The van der Waals surface area contributed by atoms with Gasteiger partial charge in [0.25, 0.3) is 5.56 Å². The number of hydrogen-bond donors (Lipinski definition) is 0. The second-order valence-electron chi connectivity index (χ2n) is 9.24. The lowest BCUT2D eigenvalue weighted by Crippen LogP contribution is -2.49. The van der Waals surface area contributed by atoms with Crippen molar-refractivity contribution in [2.75, 3.05) is 38.2 Å². The number of aromatic nitrogens is 4. The first-order valence-electron chi connectivity index (χ1n) is 12.0. The molecule has 184 valence electrons. The van der Waals surface area contributed by atoms with Gasteiger partial charge in [-0.15, -0.1) is 21.5 Å². The van der Waals surface area contributed by atoms with Crippen molar-refractivity contribution in [3.8, 4) is 5.75 Å². The Balaban J connectivity index is 1.30. The Morgan fingerprint density at radius 1 is 1.11 bits per heavy atom. The lowest BCUT2D eigenvalue weighted by Gasteiger charge is -2.36. The van der Waals surface area contributed by atoms with Gasteiger partial charge in [0.05, 0.1) is 18.3 Å². The number of benzene rings is 1. The molecule has 5 rings (SSSR count). The molecule has 1 aliphatic heterocycles. The molecule has 0 N–H and O–H groups in total. The molecule has 0 unspecified atom stereocenters. The minimum absolute atomic E-state index is 0.0286. The van der Waals surface area contributed by atoms with E-state index in [9.17, 15) is 9.59 Å². The summed E-state index contributed by atoms with van der Waals surface area (Å²) in [6.07, 6.45) is 0.821. The summed E-state index contributed by atoms with van der Waals surface area (Å²) < 4.78 is 9.84. The summed E-state index contributed by atoms with van der Waals surface area (Å²) >= 11 is 1.43. The minimum atomic E-state index is -0.0286. The van der Waals surface area contributed by atoms with E-state index in [-0.39, 0.29) is 11.5 Å². The summed E-state index contributed by atoms with van der Waals surface area (Å²) in [5.74, 6) is 2.51. The largest absolute Gasteiger partial charge is 0.495 e. The van der Waals surface area contributed by atoms with Crippen LogP contribution >= 0.6 is 11.3 Å². The molecule has 0 atom stereocenters. The summed E-state index contributed by atoms with van der Waals surface area (Å²) in [5.41, 5.74) is 1.84. The van der Waals surface area contributed by atoms with Gasteiger partial charge in [0.1, 0.15) is 16.3 Å². The number of para-hydroxylation sites is 2. The Kier molecular flexibility index (Phi) is 6.46. The Hall–Kier alpha value is -3.40. The third-order valence-corrected chi connectivity index (χ3v) is 7.34. The predicted octanol–water partition coefficient (Wildman–Crippen LogP) is 3.05. The van der Waals surface area contributed by atoms with Gasteiger partial charge in [-0.3, -0.25) is 18.6 Å². The summed E-state index contributed by atoms with van der Waals surface area (Å²) in [6.45, 7) is 7.58. The van der Waals surface area contributed by atoms with Crippen LogP contribution in [0, 0.1) is 5.92 Å². The van der Waals surface area contributed by atoms with Crippen LogP contribution in [0.2, 0.25) is 0 Å². The van der Waals surface area contributed by atoms with Gasteiger partial charge in [-0.2, -0.15) is 0 Å². The van der Waals surface area contributed by atoms with Crippen LogP contribution in [0.5, 0.6) is 5.75 Å². The van der Waals surface area contributed by atoms with Crippen molar-refractivity contribution >= 4 is 38.9 Å². The molecule has 9 nitrogen and oxygen atoms in total. The smallest absolute Gasteiger partial charge is 0.272 e. The van der Waals surface area contributed by atoms with Gasteiger partial charge >= 0.3 is 0 Å². The summed E-state index contributed by atoms with van der Waals surface area (Å²) in [4.78, 5) is 30.2. The molecule has 4 heterocycles. The van der Waals surface area contributed by atoms with Crippen molar-refractivity contribution in [2.45, 2.75) is 33.2 Å². The van der Waals surface area contributed by atoms with E-state index in [0.29, 0.717) is 54.7 Å². The quantitative estimate of drug-likeness (QED) is 0.393. The molecule has 0 saturated carbocycles. The fourth-order valence-electron chi connectivity index (χ4n) is 4.74. The van der Waals surface area contributed by atoms with Crippen molar-refractivity contribution in [3.05, 3.63) is 51.9 Å². The number of fused-ring (bicyclic) bond motifs is 3. The zero-order valence-electron chi connectivity index (χ0n) is 20.3. The molecule has 0 bridgehead atoms. The van der Waals surface area contributed by atoms with Gasteiger partial charge in [0.15, 0.2) is 0 Å². The average Bonchev–Trinajstić information content (AvgIpc) is 3.52.